The number of nitrogens with one attached hydrogen (secondary N) is 1. The second-order valence-corrected chi connectivity index (χ2v) is 6.72. The molecule has 0 aliphatic rings. The van der Waals surface area contributed by atoms with Gasteiger partial charge in [-0.3, -0.25) is 4.68 Å². The molecular formula is C15H20BrN3OS. The molecule has 114 valence electrons. The van der Waals surface area contributed by atoms with E-state index in [-0.39, 0.29) is 0 Å². The summed E-state index contributed by atoms with van der Waals surface area (Å²) in [5.74, 6) is 0. The van der Waals surface area contributed by atoms with E-state index in [1.54, 1.807) is 18.9 Å². The lowest BCUT2D eigenvalue weighted by Crippen LogP contribution is -2.18. The highest BCUT2D eigenvalue weighted by molar-refractivity contribution is 9.10. The summed E-state index contributed by atoms with van der Waals surface area (Å²) in [6, 6.07) is 8.54. The summed E-state index contributed by atoms with van der Waals surface area (Å²) < 4.78 is 8.06. The van der Waals surface area contributed by atoms with Crippen LogP contribution in [0.3, 0.4) is 0 Å². The molecule has 0 unspecified atom stereocenters. The molecule has 0 saturated carbocycles. The Labute approximate surface area is 138 Å². The Balaban J connectivity index is 2.00. The number of hydrogen-bond donors (Lipinski definition) is 1. The van der Waals surface area contributed by atoms with Crippen molar-refractivity contribution in [3.63, 3.8) is 0 Å². The van der Waals surface area contributed by atoms with Crippen molar-refractivity contribution >= 4 is 27.7 Å². The van der Waals surface area contributed by atoms with Crippen LogP contribution in [0.4, 0.5) is 0 Å². The molecule has 1 heterocycles. The molecule has 0 atom stereocenters. The van der Waals surface area contributed by atoms with E-state index in [2.05, 4.69) is 50.6 Å². The molecular weight excluding hydrogens is 350 g/mol. The van der Waals surface area contributed by atoms with Crippen LogP contribution < -0.4 is 5.32 Å². The van der Waals surface area contributed by atoms with Gasteiger partial charge < -0.3 is 10.1 Å². The number of benzene rings is 1. The molecule has 1 N–H and O–H groups in total. The number of nitrogens with zero attached hydrogens (tertiary/aromatic N) is 2. The van der Waals surface area contributed by atoms with Gasteiger partial charge in [0.2, 0.25) is 0 Å². The van der Waals surface area contributed by atoms with Gasteiger partial charge >= 0.3 is 0 Å². The minimum atomic E-state index is 0.728. The lowest BCUT2D eigenvalue weighted by Gasteiger charge is -2.08. The maximum absolute atomic E-state index is 5.02. The fourth-order valence-corrected chi connectivity index (χ4v) is 3.56. The summed E-state index contributed by atoms with van der Waals surface area (Å²) in [5, 5.41) is 8.86. The smallest absolute Gasteiger partial charge is 0.0986 e. The number of aromatic nitrogens is 2. The van der Waals surface area contributed by atoms with Crippen molar-refractivity contribution in [2.75, 3.05) is 20.3 Å². The number of hydrogen-bond acceptors (Lipinski definition) is 4. The molecule has 0 bridgehead atoms. The minimum Gasteiger partial charge on any atom is -0.383 e. The van der Waals surface area contributed by atoms with E-state index in [1.165, 1.54) is 10.5 Å². The van der Waals surface area contributed by atoms with Crippen LogP contribution in [0.15, 0.2) is 38.7 Å². The molecule has 1 aromatic carbocycles. The Hall–Kier alpha value is -0.820. The Bertz CT molecular complexity index is 601. The van der Waals surface area contributed by atoms with E-state index in [4.69, 9.17) is 4.74 Å². The molecule has 1 aromatic heterocycles. The summed E-state index contributed by atoms with van der Waals surface area (Å²) in [4.78, 5) is 1.20. The van der Waals surface area contributed by atoms with E-state index < -0.39 is 0 Å². The second kappa shape index (κ2) is 7.98. The summed E-state index contributed by atoms with van der Waals surface area (Å²) in [6.45, 7) is 4.42. The molecule has 0 radical (unpaired) electrons. The average Bonchev–Trinajstić information content (AvgIpc) is 2.75. The van der Waals surface area contributed by atoms with E-state index in [0.717, 1.165) is 34.9 Å². The van der Waals surface area contributed by atoms with Crippen LogP contribution in [0.2, 0.25) is 0 Å². The van der Waals surface area contributed by atoms with E-state index in [9.17, 15) is 0 Å². The van der Waals surface area contributed by atoms with Crippen molar-refractivity contribution in [2.45, 2.75) is 23.4 Å². The van der Waals surface area contributed by atoms with Gasteiger partial charge in [0.1, 0.15) is 0 Å². The van der Waals surface area contributed by atoms with Crippen molar-refractivity contribution in [2.24, 2.45) is 7.05 Å². The van der Waals surface area contributed by atoms with Gasteiger partial charge in [-0.05, 0) is 30.7 Å². The van der Waals surface area contributed by atoms with Crippen molar-refractivity contribution in [3.05, 3.63) is 40.0 Å². The first-order valence-electron chi connectivity index (χ1n) is 6.76. The topological polar surface area (TPSA) is 39.1 Å². The Morgan fingerprint density at radius 2 is 2.19 bits per heavy atom. The molecule has 0 amide bonds. The molecule has 0 aliphatic carbocycles. The monoisotopic (exact) mass is 369 g/mol. The summed E-state index contributed by atoms with van der Waals surface area (Å²) in [5.41, 5.74) is 2.29. The maximum atomic E-state index is 5.02. The number of ether oxygens (including phenoxy) is 1. The average molecular weight is 370 g/mol. The van der Waals surface area contributed by atoms with Gasteiger partial charge in [-0.2, -0.15) is 5.10 Å². The molecule has 0 aliphatic heterocycles. The highest BCUT2D eigenvalue weighted by Gasteiger charge is 2.07. The van der Waals surface area contributed by atoms with Crippen LogP contribution >= 0.6 is 27.7 Å². The highest BCUT2D eigenvalue weighted by atomic mass is 79.9. The normalized spacial score (nSPS) is 11.0. The predicted octanol–water partition coefficient (Wildman–Crippen LogP) is 3.38. The number of rotatable bonds is 7. The van der Waals surface area contributed by atoms with Gasteiger partial charge in [-0.15, -0.1) is 0 Å². The first kappa shape index (κ1) is 16.5. The van der Waals surface area contributed by atoms with Crippen LogP contribution in [0.5, 0.6) is 0 Å². The third-order valence-electron chi connectivity index (χ3n) is 3.00. The largest absolute Gasteiger partial charge is 0.383 e. The van der Waals surface area contributed by atoms with E-state index in [0.29, 0.717) is 0 Å². The minimum absolute atomic E-state index is 0.728. The van der Waals surface area contributed by atoms with Gasteiger partial charge in [0.15, 0.2) is 0 Å². The molecule has 2 rings (SSSR count). The first-order valence-corrected chi connectivity index (χ1v) is 8.37. The summed E-state index contributed by atoms with van der Waals surface area (Å²) in [6.07, 6.45) is 0. The van der Waals surface area contributed by atoms with Gasteiger partial charge in [-0.25, -0.2) is 0 Å². The van der Waals surface area contributed by atoms with Gasteiger partial charge in [0, 0.05) is 36.6 Å². The zero-order valence-electron chi connectivity index (χ0n) is 12.5. The van der Waals surface area contributed by atoms with Crippen LogP contribution in [0, 0.1) is 6.92 Å². The van der Waals surface area contributed by atoms with Crippen LogP contribution in [-0.4, -0.2) is 30.0 Å². The van der Waals surface area contributed by atoms with Gasteiger partial charge in [-0.1, -0.05) is 33.8 Å². The SMILES string of the molecule is COCCNCc1ccc(Sc2cc(C)nn2C)cc1Br. The molecule has 21 heavy (non-hydrogen) atoms. The lowest BCUT2D eigenvalue weighted by atomic mass is 10.2. The van der Waals surface area contributed by atoms with E-state index in [1.807, 2.05) is 18.7 Å². The molecule has 0 spiro atoms. The summed E-state index contributed by atoms with van der Waals surface area (Å²) in [7, 11) is 3.68. The lowest BCUT2D eigenvalue weighted by molar-refractivity contribution is 0.199. The Kier molecular flexibility index (Phi) is 6.29. The van der Waals surface area contributed by atoms with Gasteiger partial charge in [0.25, 0.3) is 0 Å². The van der Waals surface area contributed by atoms with Crippen molar-refractivity contribution in [1.82, 2.24) is 15.1 Å². The van der Waals surface area contributed by atoms with Crippen molar-refractivity contribution in [1.29, 1.82) is 0 Å². The maximum Gasteiger partial charge on any atom is 0.0986 e. The fourth-order valence-electron chi connectivity index (χ4n) is 1.94. The fraction of sp³-hybridized carbons (Fsp3) is 0.400. The number of halogens is 1. The predicted molar refractivity (Wildman–Crippen MR) is 89.8 cm³/mol. The van der Waals surface area contributed by atoms with E-state index >= 15 is 0 Å². The highest BCUT2D eigenvalue weighted by Crippen LogP contribution is 2.31. The third kappa shape index (κ3) is 4.85. The Morgan fingerprint density at radius 3 is 2.81 bits per heavy atom. The van der Waals surface area contributed by atoms with Gasteiger partial charge in [0.05, 0.1) is 17.3 Å². The zero-order valence-corrected chi connectivity index (χ0v) is 14.9. The van der Waals surface area contributed by atoms with Crippen LogP contribution in [-0.2, 0) is 18.3 Å². The molecule has 2 aromatic rings. The number of aryl methyl sites for hydroxylation is 2. The second-order valence-electron chi connectivity index (χ2n) is 4.77. The van der Waals surface area contributed by atoms with Crippen LogP contribution in [0.25, 0.3) is 0 Å². The zero-order chi connectivity index (χ0) is 15.2. The third-order valence-corrected chi connectivity index (χ3v) is 4.82. The summed E-state index contributed by atoms with van der Waals surface area (Å²) >= 11 is 5.37. The molecule has 0 fully saturated rings. The molecule has 4 nitrogen and oxygen atoms in total. The van der Waals surface area contributed by atoms with Crippen molar-refractivity contribution in [3.8, 4) is 0 Å². The first-order chi connectivity index (χ1) is 10.1. The molecule has 0 saturated heterocycles. The standard InChI is InChI=1S/C15H20BrN3OS/c1-11-8-15(19(2)18-11)21-13-5-4-12(14(16)9-13)10-17-6-7-20-3/h4-5,8-9,17H,6-7,10H2,1-3H3. The number of methoxy groups -OCH3 is 1. The quantitative estimate of drug-likeness (QED) is 0.759. The van der Waals surface area contributed by atoms with Crippen molar-refractivity contribution < 1.29 is 4.74 Å². The Morgan fingerprint density at radius 1 is 1.38 bits per heavy atom. The molecule has 6 heteroatoms. The van der Waals surface area contributed by atoms with Crippen LogP contribution in [0.1, 0.15) is 11.3 Å².